The van der Waals surface area contributed by atoms with Crippen LogP contribution < -0.4 is 0 Å². The molecule has 6 unspecified atom stereocenters. The maximum absolute atomic E-state index is 12.7. The average Bonchev–Trinajstić information content (AvgIpc) is 3.19. The van der Waals surface area contributed by atoms with Gasteiger partial charge in [-0.15, -0.1) is 0 Å². The first kappa shape index (κ1) is 53.9. The van der Waals surface area contributed by atoms with Crippen molar-refractivity contribution >= 4 is 19.8 Å². The fraction of sp³-hybridized carbons (Fsp3) is 0.953. The zero-order chi connectivity index (χ0) is 42.2. The minimum atomic E-state index is -5.10. The summed E-state index contributed by atoms with van der Waals surface area (Å²) < 4.78 is 33.3. The summed E-state index contributed by atoms with van der Waals surface area (Å²) in [5, 5.41) is 50.0. The average molecular weight is 839 g/mol. The van der Waals surface area contributed by atoms with E-state index in [1.807, 2.05) is 0 Å². The normalized spacial score (nSPS) is 22.6. The third-order valence-electron chi connectivity index (χ3n) is 10.9. The van der Waals surface area contributed by atoms with E-state index in [4.69, 9.17) is 18.5 Å². The van der Waals surface area contributed by atoms with Gasteiger partial charge >= 0.3 is 19.8 Å². The van der Waals surface area contributed by atoms with E-state index in [0.29, 0.717) is 12.8 Å². The van der Waals surface area contributed by atoms with Crippen molar-refractivity contribution in [1.82, 2.24) is 0 Å². The lowest BCUT2D eigenvalue weighted by Crippen LogP contribution is -2.64. The smallest absolute Gasteiger partial charge is 0.462 e. The maximum Gasteiger partial charge on any atom is 0.472 e. The summed E-state index contributed by atoms with van der Waals surface area (Å²) in [4.78, 5) is 35.4. The first-order valence-electron chi connectivity index (χ1n) is 22.8. The Morgan fingerprint density at radius 2 is 0.789 bits per heavy atom. The predicted molar refractivity (Wildman–Crippen MR) is 221 cm³/mol. The first-order chi connectivity index (χ1) is 27.4. The molecule has 1 aliphatic carbocycles. The molecule has 13 nitrogen and oxygen atoms in total. The van der Waals surface area contributed by atoms with Gasteiger partial charge in [0.05, 0.1) is 6.61 Å². The van der Waals surface area contributed by atoms with E-state index >= 15 is 0 Å². The van der Waals surface area contributed by atoms with Crippen molar-refractivity contribution in [2.45, 2.75) is 249 Å². The number of carbonyl (C=O) groups is 2. The molecule has 0 radical (unpaired) electrons. The molecule has 1 rings (SSSR count). The number of esters is 2. The van der Waals surface area contributed by atoms with Crippen LogP contribution in [0.2, 0.25) is 0 Å². The Balaban J connectivity index is 2.31. The minimum Gasteiger partial charge on any atom is -0.462 e. The van der Waals surface area contributed by atoms with Crippen LogP contribution in [0.4, 0.5) is 0 Å². The molecule has 0 aliphatic heterocycles. The number of unbranched alkanes of at least 4 members (excludes halogenated alkanes) is 26. The topological polar surface area (TPSA) is 210 Å². The van der Waals surface area contributed by atoms with Gasteiger partial charge in [-0.05, 0) is 12.8 Å². The molecule has 0 aromatic carbocycles. The number of carbonyl (C=O) groups excluding carboxylic acids is 2. The Kier molecular flexibility index (Phi) is 32.7. The van der Waals surface area contributed by atoms with Crippen LogP contribution in [-0.4, -0.2) is 98.3 Å². The van der Waals surface area contributed by atoms with Crippen LogP contribution in [0.3, 0.4) is 0 Å². The van der Waals surface area contributed by atoms with E-state index in [0.717, 1.165) is 51.4 Å². The van der Waals surface area contributed by atoms with Crippen molar-refractivity contribution in [3.63, 3.8) is 0 Å². The highest BCUT2D eigenvalue weighted by atomic mass is 31.2. The lowest BCUT2D eigenvalue weighted by Gasteiger charge is -2.41. The molecule has 1 fully saturated rings. The van der Waals surface area contributed by atoms with Crippen LogP contribution in [-0.2, 0) is 32.7 Å². The van der Waals surface area contributed by atoms with Gasteiger partial charge in [-0.3, -0.25) is 18.6 Å². The van der Waals surface area contributed by atoms with Crippen molar-refractivity contribution in [3.8, 4) is 0 Å². The summed E-state index contributed by atoms with van der Waals surface area (Å²) in [5.74, 6) is -1.09. The lowest BCUT2D eigenvalue weighted by molar-refractivity contribution is -0.220. The monoisotopic (exact) mass is 839 g/mol. The predicted octanol–water partition coefficient (Wildman–Crippen LogP) is 8.50. The number of rotatable bonds is 38. The van der Waals surface area contributed by atoms with Crippen LogP contribution in [0.5, 0.6) is 0 Å². The molecule has 0 spiro atoms. The van der Waals surface area contributed by atoms with Crippen molar-refractivity contribution in [2.75, 3.05) is 13.2 Å². The summed E-state index contributed by atoms with van der Waals surface area (Å²) >= 11 is 0. The van der Waals surface area contributed by atoms with Crippen molar-refractivity contribution in [1.29, 1.82) is 0 Å². The van der Waals surface area contributed by atoms with E-state index in [1.54, 1.807) is 0 Å². The van der Waals surface area contributed by atoms with Crippen LogP contribution in [0, 0.1) is 0 Å². The van der Waals surface area contributed by atoms with Gasteiger partial charge in [0.2, 0.25) is 0 Å². The second-order valence-corrected chi connectivity index (χ2v) is 17.7. The highest BCUT2D eigenvalue weighted by molar-refractivity contribution is 7.47. The Morgan fingerprint density at radius 3 is 1.16 bits per heavy atom. The van der Waals surface area contributed by atoms with Crippen LogP contribution in [0.25, 0.3) is 0 Å². The van der Waals surface area contributed by atoms with Crippen LogP contribution in [0.1, 0.15) is 206 Å². The highest BCUT2D eigenvalue weighted by Gasteiger charge is 2.51. The lowest BCUT2D eigenvalue weighted by atomic mass is 9.85. The quantitative estimate of drug-likeness (QED) is 0.0196. The van der Waals surface area contributed by atoms with Gasteiger partial charge in [0.25, 0.3) is 0 Å². The number of aliphatic hydroxyl groups excluding tert-OH is 5. The number of phosphoric ester groups is 1. The van der Waals surface area contributed by atoms with Gasteiger partial charge in [0, 0.05) is 12.8 Å². The fourth-order valence-corrected chi connectivity index (χ4v) is 8.20. The molecule has 14 heteroatoms. The molecule has 1 aliphatic rings. The third kappa shape index (κ3) is 27.3. The number of aliphatic hydroxyl groups is 5. The highest BCUT2D eigenvalue weighted by Crippen LogP contribution is 2.47. The zero-order valence-corrected chi connectivity index (χ0v) is 36.6. The number of phosphoric acid groups is 1. The van der Waals surface area contributed by atoms with E-state index in [9.17, 15) is 44.6 Å². The van der Waals surface area contributed by atoms with E-state index in [2.05, 4.69) is 13.8 Å². The van der Waals surface area contributed by atoms with E-state index in [1.165, 1.54) is 116 Å². The SMILES string of the molecule is CCCCCCCCCCCCCCCCCCCCCCCC(=O)OC[C@@H](COP(=O)(O)OC1C(O)C(O)C(O)[C@H](O)C1O)OC(=O)CCCCCCCCC. The van der Waals surface area contributed by atoms with Crippen LogP contribution in [0.15, 0.2) is 0 Å². The van der Waals surface area contributed by atoms with Crippen molar-refractivity contribution in [3.05, 3.63) is 0 Å². The minimum absolute atomic E-state index is 0.101. The number of hydrogen-bond acceptors (Lipinski definition) is 12. The number of ether oxygens (including phenoxy) is 2. The molecule has 1 saturated carbocycles. The second kappa shape index (κ2) is 34.6. The molecule has 0 amide bonds. The molecular formula is C43H83O13P. The Morgan fingerprint density at radius 1 is 0.474 bits per heavy atom. The Labute approximate surface area is 344 Å². The summed E-state index contributed by atoms with van der Waals surface area (Å²) in [7, 11) is -5.10. The summed E-state index contributed by atoms with van der Waals surface area (Å²) in [5.41, 5.74) is 0. The second-order valence-electron chi connectivity index (χ2n) is 16.3. The summed E-state index contributed by atoms with van der Waals surface area (Å²) in [6, 6.07) is 0. The molecule has 0 saturated heterocycles. The van der Waals surface area contributed by atoms with Crippen molar-refractivity contribution in [2.24, 2.45) is 0 Å². The van der Waals surface area contributed by atoms with E-state index in [-0.39, 0.29) is 12.8 Å². The van der Waals surface area contributed by atoms with E-state index < -0.39 is 75.7 Å². The van der Waals surface area contributed by atoms with Gasteiger partial charge in [-0.2, -0.15) is 0 Å². The molecule has 6 N–H and O–H groups in total. The molecule has 0 aromatic rings. The van der Waals surface area contributed by atoms with Crippen LogP contribution >= 0.6 is 7.82 Å². The van der Waals surface area contributed by atoms with Gasteiger partial charge in [-0.25, -0.2) is 4.57 Å². The Hall–Kier alpha value is -1.15. The largest absolute Gasteiger partial charge is 0.472 e. The summed E-state index contributed by atoms with van der Waals surface area (Å²) in [6.45, 7) is 3.25. The summed E-state index contributed by atoms with van der Waals surface area (Å²) in [6.07, 6.45) is 20.7. The number of hydrogen-bond donors (Lipinski definition) is 6. The molecule has 8 atom stereocenters. The first-order valence-corrected chi connectivity index (χ1v) is 24.3. The fourth-order valence-electron chi connectivity index (χ4n) is 7.23. The van der Waals surface area contributed by atoms with Gasteiger partial charge in [-0.1, -0.05) is 181 Å². The van der Waals surface area contributed by atoms with Gasteiger partial charge in [0.15, 0.2) is 6.10 Å². The standard InChI is InChI=1S/C43H83O13P/c1-3-5-7-9-11-12-13-14-15-16-17-18-19-20-21-22-23-24-26-27-29-31-36(44)53-33-35(55-37(45)32-30-28-25-10-8-6-4-2)34-54-57(51,52)56-43-41(49)39(47)38(46)40(48)42(43)50/h35,38-43,46-50H,3-34H2,1-2H3,(H,51,52)/t35-,38?,39-,40?,41?,42?,43?/m0/s1. The molecule has 0 bridgehead atoms. The molecular weight excluding hydrogens is 755 g/mol. The Bertz CT molecular complexity index is 1020. The molecule has 0 aromatic heterocycles. The van der Waals surface area contributed by atoms with Gasteiger partial charge in [0.1, 0.15) is 43.2 Å². The molecule has 0 heterocycles. The maximum atomic E-state index is 12.7. The zero-order valence-electron chi connectivity index (χ0n) is 35.7. The molecule has 57 heavy (non-hydrogen) atoms. The van der Waals surface area contributed by atoms with Gasteiger partial charge < -0.3 is 39.9 Å². The van der Waals surface area contributed by atoms with Crippen molar-refractivity contribution < 1.29 is 63.1 Å². The third-order valence-corrected chi connectivity index (χ3v) is 11.9. The molecule has 338 valence electrons.